The van der Waals surface area contributed by atoms with Crippen molar-refractivity contribution in [3.63, 3.8) is 0 Å². The van der Waals surface area contributed by atoms with Crippen LogP contribution in [0.4, 0.5) is 0 Å². The lowest BCUT2D eigenvalue weighted by atomic mass is 10.2. The molecule has 0 spiro atoms. The van der Waals surface area contributed by atoms with Crippen molar-refractivity contribution in [1.82, 2.24) is 0 Å². The second-order valence-electron chi connectivity index (χ2n) is 3.25. The molecule has 68 valence electrons. The molecule has 3 nitrogen and oxygen atoms in total. The van der Waals surface area contributed by atoms with Crippen LogP contribution < -0.4 is 0 Å². The van der Waals surface area contributed by atoms with Crippen molar-refractivity contribution in [2.24, 2.45) is 0 Å². The van der Waals surface area contributed by atoms with Crippen LogP contribution in [0.3, 0.4) is 0 Å². The summed E-state index contributed by atoms with van der Waals surface area (Å²) in [6.07, 6.45) is 2.30. The Labute approximate surface area is 72.0 Å². The largest absolute Gasteiger partial charge is 0.460 e. The lowest BCUT2D eigenvalue weighted by molar-refractivity contribution is -0.142. The van der Waals surface area contributed by atoms with E-state index in [-0.39, 0.29) is 12.1 Å². The Hall–Kier alpha value is -0.830. The van der Waals surface area contributed by atoms with Gasteiger partial charge in [0.1, 0.15) is 0 Å². The third-order valence-corrected chi connectivity index (χ3v) is 1.71. The van der Waals surface area contributed by atoms with Crippen LogP contribution in [0.15, 0.2) is 11.6 Å². The van der Waals surface area contributed by atoms with E-state index in [1.165, 1.54) is 0 Å². The van der Waals surface area contributed by atoms with Crippen molar-refractivity contribution in [2.75, 3.05) is 0 Å². The molecule has 1 aliphatic rings. The third kappa shape index (κ3) is 2.34. The molecular weight excluding hydrogens is 156 g/mol. The molecule has 0 saturated heterocycles. The third-order valence-electron chi connectivity index (χ3n) is 1.71. The van der Waals surface area contributed by atoms with Crippen LogP contribution >= 0.6 is 0 Å². The molecule has 1 rings (SSSR count). The van der Waals surface area contributed by atoms with Gasteiger partial charge in [-0.15, -0.1) is 0 Å². The Morgan fingerprint density at radius 1 is 1.75 bits per heavy atom. The number of aliphatic hydroxyl groups excluding tert-OH is 1. The summed E-state index contributed by atoms with van der Waals surface area (Å²) in [6.45, 7) is 3.62. The molecule has 0 saturated carbocycles. The minimum absolute atomic E-state index is 0.0869. The molecule has 0 radical (unpaired) electrons. The van der Waals surface area contributed by atoms with Crippen molar-refractivity contribution in [3.8, 4) is 0 Å². The van der Waals surface area contributed by atoms with Crippen molar-refractivity contribution in [3.05, 3.63) is 11.6 Å². The molecule has 0 aromatic carbocycles. The molecule has 3 heteroatoms. The van der Waals surface area contributed by atoms with Gasteiger partial charge in [0.2, 0.25) is 0 Å². The highest BCUT2D eigenvalue weighted by Crippen LogP contribution is 2.19. The smallest absolute Gasteiger partial charge is 0.334 e. The first kappa shape index (κ1) is 9.26. The number of carbonyl (C=O) groups excluding carboxylic acids is 1. The van der Waals surface area contributed by atoms with Gasteiger partial charge in [0, 0.05) is 5.57 Å². The molecule has 0 fully saturated rings. The number of rotatable bonds is 2. The van der Waals surface area contributed by atoms with E-state index < -0.39 is 6.10 Å². The van der Waals surface area contributed by atoms with E-state index in [0.29, 0.717) is 18.4 Å². The summed E-state index contributed by atoms with van der Waals surface area (Å²) in [4.78, 5) is 11.2. The van der Waals surface area contributed by atoms with Gasteiger partial charge >= 0.3 is 5.97 Å². The Kier molecular flexibility index (Phi) is 2.87. The maximum Gasteiger partial charge on any atom is 0.334 e. The lowest BCUT2D eigenvalue weighted by Crippen LogP contribution is -2.12. The van der Waals surface area contributed by atoms with Crippen molar-refractivity contribution in [2.45, 2.75) is 38.9 Å². The van der Waals surface area contributed by atoms with Crippen LogP contribution in [0.2, 0.25) is 0 Å². The first-order valence-corrected chi connectivity index (χ1v) is 4.19. The van der Waals surface area contributed by atoms with E-state index in [4.69, 9.17) is 9.84 Å². The summed E-state index contributed by atoms with van der Waals surface area (Å²) in [5.41, 5.74) is 0.608. The van der Waals surface area contributed by atoms with E-state index in [9.17, 15) is 4.79 Å². The fourth-order valence-electron chi connectivity index (χ4n) is 1.16. The highest BCUT2D eigenvalue weighted by molar-refractivity contribution is 5.89. The highest BCUT2D eigenvalue weighted by Gasteiger charge is 2.20. The van der Waals surface area contributed by atoms with Gasteiger partial charge in [0.15, 0.2) is 0 Å². The molecule has 1 N–H and O–H groups in total. The lowest BCUT2D eigenvalue weighted by Gasteiger charge is -2.07. The van der Waals surface area contributed by atoms with Crippen LogP contribution in [-0.2, 0) is 9.53 Å². The van der Waals surface area contributed by atoms with Crippen molar-refractivity contribution in [1.29, 1.82) is 0 Å². The van der Waals surface area contributed by atoms with E-state index in [1.54, 1.807) is 6.08 Å². The van der Waals surface area contributed by atoms with Crippen LogP contribution in [0.25, 0.3) is 0 Å². The van der Waals surface area contributed by atoms with Crippen LogP contribution in [0.5, 0.6) is 0 Å². The summed E-state index contributed by atoms with van der Waals surface area (Å²) >= 11 is 0. The SMILES string of the molecule is CC(C)OC(=O)C1=CC(O)CC1. The normalized spacial score (nSPS) is 22.7. The van der Waals surface area contributed by atoms with E-state index in [2.05, 4.69) is 0 Å². The summed E-state index contributed by atoms with van der Waals surface area (Å²) in [7, 11) is 0. The van der Waals surface area contributed by atoms with Crippen LogP contribution in [0.1, 0.15) is 26.7 Å². The second kappa shape index (κ2) is 3.72. The highest BCUT2D eigenvalue weighted by atomic mass is 16.5. The molecule has 0 heterocycles. The van der Waals surface area contributed by atoms with Crippen molar-refractivity contribution < 1.29 is 14.6 Å². The number of carbonyl (C=O) groups is 1. The summed E-state index contributed by atoms with van der Waals surface area (Å²) in [6, 6.07) is 0. The monoisotopic (exact) mass is 170 g/mol. The average molecular weight is 170 g/mol. The molecule has 1 aliphatic carbocycles. The predicted octanol–water partition coefficient (Wildman–Crippen LogP) is 1.02. The molecular formula is C9H14O3. The van der Waals surface area contributed by atoms with Gasteiger partial charge in [-0.05, 0) is 32.8 Å². The predicted molar refractivity (Wildman–Crippen MR) is 44.6 cm³/mol. The number of aliphatic hydroxyl groups is 1. The van der Waals surface area contributed by atoms with Gasteiger partial charge < -0.3 is 9.84 Å². The van der Waals surface area contributed by atoms with Gasteiger partial charge in [0.05, 0.1) is 12.2 Å². The van der Waals surface area contributed by atoms with Crippen molar-refractivity contribution >= 4 is 5.97 Å². The first-order valence-electron chi connectivity index (χ1n) is 4.19. The Morgan fingerprint density at radius 2 is 2.42 bits per heavy atom. The van der Waals surface area contributed by atoms with E-state index in [0.717, 1.165) is 0 Å². The zero-order valence-electron chi connectivity index (χ0n) is 7.41. The topological polar surface area (TPSA) is 46.5 Å². The fourth-order valence-corrected chi connectivity index (χ4v) is 1.16. The molecule has 0 aromatic rings. The number of ether oxygens (including phenoxy) is 1. The maximum absolute atomic E-state index is 11.2. The fraction of sp³-hybridized carbons (Fsp3) is 0.667. The first-order chi connectivity index (χ1) is 5.59. The Balaban J connectivity index is 2.48. The second-order valence-corrected chi connectivity index (χ2v) is 3.25. The summed E-state index contributed by atoms with van der Waals surface area (Å²) in [5.74, 6) is -0.290. The number of hydrogen-bond donors (Lipinski definition) is 1. The minimum atomic E-state index is -0.459. The summed E-state index contributed by atoms with van der Waals surface area (Å²) < 4.78 is 4.96. The Bertz CT molecular complexity index is 206. The maximum atomic E-state index is 11.2. The molecule has 1 unspecified atom stereocenters. The van der Waals surface area contributed by atoms with Crippen LogP contribution in [0, 0.1) is 0 Å². The molecule has 0 amide bonds. The van der Waals surface area contributed by atoms with Gasteiger partial charge in [-0.2, -0.15) is 0 Å². The molecule has 0 aliphatic heterocycles. The Morgan fingerprint density at radius 3 is 2.83 bits per heavy atom. The number of esters is 1. The standard InChI is InChI=1S/C9H14O3/c1-6(2)12-9(11)7-3-4-8(10)5-7/h5-6,8,10H,3-4H2,1-2H3. The van der Waals surface area contributed by atoms with E-state index in [1.807, 2.05) is 13.8 Å². The molecule has 1 atom stereocenters. The number of hydrogen-bond acceptors (Lipinski definition) is 3. The zero-order chi connectivity index (χ0) is 9.14. The van der Waals surface area contributed by atoms with Gasteiger partial charge in [-0.25, -0.2) is 4.79 Å². The molecule has 0 aromatic heterocycles. The van der Waals surface area contributed by atoms with Crippen LogP contribution in [-0.4, -0.2) is 23.3 Å². The molecule has 0 bridgehead atoms. The minimum Gasteiger partial charge on any atom is -0.460 e. The van der Waals surface area contributed by atoms with Gasteiger partial charge in [-0.1, -0.05) is 0 Å². The van der Waals surface area contributed by atoms with Gasteiger partial charge in [0.25, 0.3) is 0 Å². The van der Waals surface area contributed by atoms with Gasteiger partial charge in [-0.3, -0.25) is 0 Å². The van der Waals surface area contributed by atoms with E-state index >= 15 is 0 Å². The summed E-state index contributed by atoms with van der Waals surface area (Å²) in [5, 5.41) is 9.10. The quantitative estimate of drug-likeness (QED) is 0.629. The molecule has 12 heavy (non-hydrogen) atoms. The average Bonchev–Trinajstić information content (AvgIpc) is 2.34. The zero-order valence-corrected chi connectivity index (χ0v) is 7.41.